The normalized spacial score (nSPS) is 19.2. The molecule has 3 heteroatoms. The number of aromatic nitrogens is 1. The standard InChI is InChI=1S/C13H17N3/c1-8(2)9-3-4-11-10(5-9)7-16-13(15)12(11)6-14/h7-9H,3-5H2,1-2H3,(H2,15,16). The molecule has 16 heavy (non-hydrogen) atoms. The molecule has 1 aliphatic carbocycles. The lowest BCUT2D eigenvalue weighted by Crippen LogP contribution is -2.20. The summed E-state index contributed by atoms with van der Waals surface area (Å²) in [5.41, 5.74) is 8.66. The second kappa shape index (κ2) is 4.13. The third-order valence-corrected chi connectivity index (χ3v) is 3.61. The van der Waals surface area contributed by atoms with Gasteiger partial charge >= 0.3 is 0 Å². The Kier molecular flexibility index (Phi) is 2.82. The first-order chi connectivity index (χ1) is 7.63. The Labute approximate surface area is 96.3 Å². The molecule has 0 saturated carbocycles. The Morgan fingerprint density at radius 3 is 2.94 bits per heavy atom. The first-order valence-corrected chi connectivity index (χ1v) is 5.79. The largest absolute Gasteiger partial charge is 0.383 e. The van der Waals surface area contributed by atoms with E-state index in [4.69, 9.17) is 11.0 Å². The van der Waals surface area contributed by atoms with Gasteiger partial charge in [-0.1, -0.05) is 13.8 Å². The molecule has 1 aromatic rings. The van der Waals surface area contributed by atoms with Crippen LogP contribution in [0.5, 0.6) is 0 Å². The Hall–Kier alpha value is -1.56. The highest BCUT2D eigenvalue weighted by Gasteiger charge is 2.24. The van der Waals surface area contributed by atoms with Crippen LogP contribution in [0.2, 0.25) is 0 Å². The Morgan fingerprint density at radius 1 is 1.56 bits per heavy atom. The van der Waals surface area contributed by atoms with Crippen molar-refractivity contribution in [1.82, 2.24) is 4.98 Å². The van der Waals surface area contributed by atoms with Gasteiger partial charge in [0.25, 0.3) is 0 Å². The van der Waals surface area contributed by atoms with Crippen molar-refractivity contribution in [3.63, 3.8) is 0 Å². The van der Waals surface area contributed by atoms with Crippen molar-refractivity contribution in [3.05, 3.63) is 22.9 Å². The highest BCUT2D eigenvalue weighted by atomic mass is 14.8. The molecule has 1 heterocycles. The SMILES string of the molecule is CC(C)C1CCc2c(cnc(N)c2C#N)C1. The summed E-state index contributed by atoms with van der Waals surface area (Å²) in [5.74, 6) is 1.78. The van der Waals surface area contributed by atoms with E-state index in [0.29, 0.717) is 23.2 Å². The number of nitrogens with two attached hydrogens (primary N) is 1. The van der Waals surface area contributed by atoms with Crippen molar-refractivity contribution < 1.29 is 0 Å². The summed E-state index contributed by atoms with van der Waals surface area (Å²) in [5, 5.41) is 9.08. The molecule has 0 fully saturated rings. The zero-order valence-corrected chi connectivity index (χ0v) is 9.83. The number of pyridine rings is 1. The molecule has 1 unspecified atom stereocenters. The fraction of sp³-hybridized carbons (Fsp3) is 0.538. The maximum atomic E-state index is 9.08. The third-order valence-electron chi connectivity index (χ3n) is 3.61. The number of rotatable bonds is 1. The van der Waals surface area contributed by atoms with Crippen LogP contribution in [0, 0.1) is 23.2 Å². The summed E-state index contributed by atoms with van der Waals surface area (Å²) >= 11 is 0. The molecule has 0 aromatic carbocycles. The summed E-state index contributed by atoms with van der Waals surface area (Å²) in [6, 6.07) is 2.18. The lowest BCUT2D eigenvalue weighted by Gasteiger charge is -2.27. The van der Waals surface area contributed by atoms with Crippen molar-refractivity contribution in [3.8, 4) is 6.07 Å². The van der Waals surface area contributed by atoms with Crippen LogP contribution in [0.1, 0.15) is 37.0 Å². The minimum absolute atomic E-state index is 0.379. The second-order valence-electron chi connectivity index (χ2n) is 4.88. The predicted octanol–water partition coefficient (Wildman–Crippen LogP) is 2.30. The number of anilines is 1. The number of nitrogens with zero attached hydrogens (tertiary/aromatic N) is 2. The molecular formula is C13H17N3. The van der Waals surface area contributed by atoms with E-state index in [1.807, 2.05) is 6.20 Å². The van der Waals surface area contributed by atoms with Crippen molar-refractivity contribution >= 4 is 5.82 Å². The van der Waals surface area contributed by atoms with Crippen LogP contribution in [-0.4, -0.2) is 4.98 Å². The molecule has 1 aliphatic rings. The fourth-order valence-electron chi connectivity index (χ4n) is 2.47. The second-order valence-corrected chi connectivity index (χ2v) is 4.88. The van der Waals surface area contributed by atoms with E-state index in [0.717, 1.165) is 24.8 Å². The Bertz CT molecular complexity index is 443. The molecule has 0 radical (unpaired) electrons. The highest BCUT2D eigenvalue weighted by Crippen LogP contribution is 2.32. The summed E-state index contributed by atoms with van der Waals surface area (Å²) in [7, 11) is 0. The van der Waals surface area contributed by atoms with Gasteiger partial charge in [0.2, 0.25) is 0 Å². The Balaban J connectivity index is 2.39. The van der Waals surface area contributed by atoms with E-state index in [2.05, 4.69) is 24.9 Å². The average Bonchev–Trinajstić information content (AvgIpc) is 2.28. The number of hydrogen-bond acceptors (Lipinski definition) is 3. The van der Waals surface area contributed by atoms with Crippen LogP contribution >= 0.6 is 0 Å². The zero-order chi connectivity index (χ0) is 11.7. The summed E-state index contributed by atoms with van der Waals surface area (Å²) in [4.78, 5) is 4.11. The quantitative estimate of drug-likeness (QED) is 0.781. The summed E-state index contributed by atoms with van der Waals surface area (Å²) in [6.07, 6.45) is 5.01. The minimum atomic E-state index is 0.379. The number of hydrogen-bond donors (Lipinski definition) is 1. The van der Waals surface area contributed by atoms with Crippen molar-refractivity contribution in [2.24, 2.45) is 11.8 Å². The number of fused-ring (bicyclic) bond motifs is 1. The molecule has 0 aliphatic heterocycles. The first-order valence-electron chi connectivity index (χ1n) is 5.79. The molecule has 0 amide bonds. The van der Waals surface area contributed by atoms with Crippen LogP contribution in [-0.2, 0) is 12.8 Å². The van der Waals surface area contributed by atoms with E-state index < -0.39 is 0 Å². The molecule has 3 nitrogen and oxygen atoms in total. The maximum Gasteiger partial charge on any atom is 0.141 e. The van der Waals surface area contributed by atoms with Gasteiger partial charge in [0.1, 0.15) is 11.9 Å². The Morgan fingerprint density at radius 2 is 2.31 bits per heavy atom. The first kappa shape index (κ1) is 10.9. The lowest BCUT2D eigenvalue weighted by molar-refractivity contribution is 0.342. The van der Waals surface area contributed by atoms with Gasteiger partial charge in [-0.05, 0) is 42.2 Å². The third kappa shape index (κ3) is 1.76. The van der Waals surface area contributed by atoms with Gasteiger partial charge in [0.15, 0.2) is 0 Å². The topological polar surface area (TPSA) is 62.7 Å². The zero-order valence-electron chi connectivity index (χ0n) is 9.83. The molecule has 0 spiro atoms. The number of nitriles is 1. The smallest absolute Gasteiger partial charge is 0.141 e. The van der Waals surface area contributed by atoms with Gasteiger partial charge in [-0.25, -0.2) is 4.98 Å². The van der Waals surface area contributed by atoms with E-state index in [1.54, 1.807) is 0 Å². The van der Waals surface area contributed by atoms with Crippen molar-refractivity contribution in [1.29, 1.82) is 5.26 Å². The molecule has 84 valence electrons. The molecule has 0 bridgehead atoms. The van der Waals surface area contributed by atoms with Gasteiger partial charge in [0.05, 0.1) is 5.56 Å². The van der Waals surface area contributed by atoms with Gasteiger partial charge in [0, 0.05) is 6.20 Å². The lowest BCUT2D eigenvalue weighted by atomic mass is 9.78. The van der Waals surface area contributed by atoms with Crippen LogP contribution in [0.4, 0.5) is 5.82 Å². The molecule has 2 N–H and O–H groups in total. The minimum Gasteiger partial charge on any atom is -0.383 e. The average molecular weight is 215 g/mol. The predicted molar refractivity (Wildman–Crippen MR) is 63.7 cm³/mol. The molecule has 1 atom stereocenters. The number of nitrogen functional groups attached to an aromatic ring is 1. The molecule has 0 saturated heterocycles. The molecule has 2 rings (SSSR count). The van der Waals surface area contributed by atoms with Crippen LogP contribution < -0.4 is 5.73 Å². The van der Waals surface area contributed by atoms with Crippen molar-refractivity contribution in [2.45, 2.75) is 33.1 Å². The molecular weight excluding hydrogens is 198 g/mol. The van der Waals surface area contributed by atoms with Crippen molar-refractivity contribution in [2.75, 3.05) is 5.73 Å². The van der Waals surface area contributed by atoms with Crippen LogP contribution in [0.25, 0.3) is 0 Å². The van der Waals surface area contributed by atoms with Crippen LogP contribution in [0.15, 0.2) is 6.20 Å². The van der Waals surface area contributed by atoms with E-state index in [1.165, 1.54) is 5.56 Å². The maximum absolute atomic E-state index is 9.08. The van der Waals surface area contributed by atoms with Gasteiger partial charge < -0.3 is 5.73 Å². The van der Waals surface area contributed by atoms with Gasteiger partial charge in [-0.3, -0.25) is 0 Å². The van der Waals surface area contributed by atoms with E-state index >= 15 is 0 Å². The van der Waals surface area contributed by atoms with Gasteiger partial charge in [-0.2, -0.15) is 5.26 Å². The summed E-state index contributed by atoms with van der Waals surface area (Å²) < 4.78 is 0. The highest BCUT2D eigenvalue weighted by molar-refractivity contribution is 5.55. The monoisotopic (exact) mass is 215 g/mol. The van der Waals surface area contributed by atoms with Crippen LogP contribution in [0.3, 0.4) is 0 Å². The van der Waals surface area contributed by atoms with Gasteiger partial charge in [-0.15, -0.1) is 0 Å². The van der Waals surface area contributed by atoms with E-state index in [-0.39, 0.29) is 0 Å². The summed E-state index contributed by atoms with van der Waals surface area (Å²) in [6.45, 7) is 4.51. The molecule has 1 aromatic heterocycles. The van der Waals surface area contributed by atoms with E-state index in [9.17, 15) is 0 Å². The fourth-order valence-corrected chi connectivity index (χ4v) is 2.47.